The number of rotatable bonds is 8. The fourth-order valence-electron chi connectivity index (χ4n) is 2.80. The van der Waals surface area contributed by atoms with E-state index in [9.17, 15) is 10.1 Å². The summed E-state index contributed by atoms with van der Waals surface area (Å²) in [5.74, 6) is 0.652. The number of amides is 1. The topological polar surface area (TPSA) is 71.3 Å². The van der Waals surface area contributed by atoms with Gasteiger partial charge in [-0.2, -0.15) is 5.26 Å². The molecular weight excluding hydrogens is 447 g/mol. The molecule has 0 aromatic heterocycles. The van der Waals surface area contributed by atoms with E-state index >= 15 is 0 Å². The van der Waals surface area contributed by atoms with Gasteiger partial charge in [0.15, 0.2) is 0 Å². The molecule has 0 bridgehead atoms. The summed E-state index contributed by atoms with van der Waals surface area (Å²) in [4.78, 5) is 12.6. The maximum absolute atomic E-state index is 12.6. The summed E-state index contributed by atoms with van der Waals surface area (Å²) in [5, 5.41) is 13.3. The first kappa shape index (κ1) is 23.2. The van der Waals surface area contributed by atoms with E-state index in [1.807, 2.05) is 25.1 Å². The molecule has 0 heterocycles. The maximum atomic E-state index is 12.6. The SMILES string of the molecule is CCOc1ccc(Cl)cc1/C=C(\C#N)C(=O)Nc1ccc(OCc2ccc(Cl)cc2)cc1. The van der Waals surface area contributed by atoms with Gasteiger partial charge in [0, 0.05) is 21.3 Å². The lowest BCUT2D eigenvalue weighted by Crippen LogP contribution is -2.13. The number of halogens is 2. The number of ether oxygens (including phenoxy) is 2. The van der Waals surface area contributed by atoms with Crippen LogP contribution < -0.4 is 14.8 Å². The average molecular weight is 467 g/mol. The van der Waals surface area contributed by atoms with Gasteiger partial charge in [-0.15, -0.1) is 0 Å². The Balaban J connectivity index is 1.66. The van der Waals surface area contributed by atoms with Crippen LogP contribution in [0.4, 0.5) is 5.69 Å². The predicted octanol–water partition coefficient (Wildman–Crippen LogP) is 6.52. The third-order valence-corrected chi connectivity index (χ3v) is 4.85. The molecule has 0 fully saturated rings. The maximum Gasteiger partial charge on any atom is 0.266 e. The molecule has 1 amide bonds. The van der Waals surface area contributed by atoms with Gasteiger partial charge in [0.05, 0.1) is 6.61 Å². The number of anilines is 1. The number of carbonyl (C=O) groups excluding carboxylic acids is 1. The predicted molar refractivity (Wildman–Crippen MR) is 127 cm³/mol. The summed E-state index contributed by atoms with van der Waals surface area (Å²) in [5.41, 5.74) is 2.00. The third-order valence-electron chi connectivity index (χ3n) is 4.37. The molecule has 5 nitrogen and oxygen atoms in total. The molecule has 162 valence electrons. The Labute approximate surface area is 196 Å². The first-order valence-corrected chi connectivity index (χ1v) is 10.6. The molecule has 0 aliphatic heterocycles. The Bertz CT molecular complexity index is 1150. The number of nitriles is 1. The summed E-state index contributed by atoms with van der Waals surface area (Å²) in [6.45, 7) is 2.69. The second-order valence-electron chi connectivity index (χ2n) is 6.68. The van der Waals surface area contributed by atoms with E-state index < -0.39 is 5.91 Å². The van der Waals surface area contributed by atoms with Gasteiger partial charge in [-0.25, -0.2) is 0 Å². The number of benzene rings is 3. The molecule has 0 radical (unpaired) electrons. The van der Waals surface area contributed by atoms with E-state index in [-0.39, 0.29) is 5.57 Å². The molecule has 0 spiro atoms. The van der Waals surface area contributed by atoms with Gasteiger partial charge >= 0.3 is 0 Å². The van der Waals surface area contributed by atoms with Crippen LogP contribution in [0, 0.1) is 11.3 Å². The van der Waals surface area contributed by atoms with Gasteiger partial charge in [0.1, 0.15) is 29.7 Å². The molecule has 3 rings (SSSR count). The first-order valence-electron chi connectivity index (χ1n) is 9.81. The molecule has 0 atom stereocenters. The zero-order chi connectivity index (χ0) is 22.9. The van der Waals surface area contributed by atoms with Crippen molar-refractivity contribution in [3.63, 3.8) is 0 Å². The van der Waals surface area contributed by atoms with E-state index in [0.29, 0.717) is 46.0 Å². The molecule has 0 saturated carbocycles. The highest BCUT2D eigenvalue weighted by Gasteiger charge is 2.12. The fraction of sp³-hybridized carbons (Fsp3) is 0.120. The fourth-order valence-corrected chi connectivity index (χ4v) is 3.11. The van der Waals surface area contributed by atoms with Crippen LogP contribution in [-0.2, 0) is 11.4 Å². The Hall–Kier alpha value is -3.46. The zero-order valence-electron chi connectivity index (χ0n) is 17.3. The lowest BCUT2D eigenvalue weighted by Gasteiger charge is -2.10. The molecule has 3 aromatic carbocycles. The van der Waals surface area contributed by atoms with Crippen molar-refractivity contribution in [2.75, 3.05) is 11.9 Å². The minimum atomic E-state index is -0.537. The van der Waals surface area contributed by atoms with Crippen LogP contribution in [0.25, 0.3) is 6.08 Å². The van der Waals surface area contributed by atoms with E-state index in [1.54, 1.807) is 54.6 Å². The van der Waals surface area contributed by atoms with Crippen LogP contribution in [0.2, 0.25) is 10.0 Å². The summed E-state index contributed by atoms with van der Waals surface area (Å²) >= 11 is 11.9. The minimum absolute atomic E-state index is 0.0729. The molecular formula is C25H20Cl2N2O3. The van der Waals surface area contributed by atoms with Crippen LogP contribution in [0.1, 0.15) is 18.1 Å². The largest absolute Gasteiger partial charge is 0.493 e. The highest BCUT2D eigenvalue weighted by atomic mass is 35.5. The second-order valence-corrected chi connectivity index (χ2v) is 7.55. The average Bonchev–Trinajstić information content (AvgIpc) is 2.79. The smallest absolute Gasteiger partial charge is 0.266 e. The van der Waals surface area contributed by atoms with Gasteiger partial charge in [-0.05, 0) is 73.2 Å². The van der Waals surface area contributed by atoms with Crippen LogP contribution in [0.5, 0.6) is 11.5 Å². The normalized spacial score (nSPS) is 10.9. The highest BCUT2D eigenvalue weighted by Crippen LogP contribution is 2.26. The van der Waals surface area contributed by atoms with E-state index in [4.69, 9.17) is 32.7 Å². The lowest BCUT2D eigenvalue weighted by molar-refractivity contribution is -0.112. The highest BCUT2D eigenvalue weighted by molar-refractivity contribution is 6.31. The number of nitrogens with zero attached hydrogens (tertiary/aromatic N) is 1. The number of hydrogen-bond donors (Lipinski definition) is 1. The number of hydrogen-bond acceptors (Lipinski definition) is 4. The molecule has 3 aromatic rings. The van der Waals surface area contributed by atoms with E-state index in [1.165, 1.54) is 6.08 Å². The van der Waals surface area contributed by atoms with E-state index in [2.05, 4.69) is 5.32 Å². The molecule has 1 N–H and O–H groups in total. The Morgan fingerprint density at radius 1 is 1.00 bits per heavy atom. The van der Waals surface area contributed by atoms with Gasteiger partial charge in [0.2, 0.25) is 0 Å². The molecule has 7 heteroatoms. The van der Waals surface area contributed by atoms with Crippen LogP contribution in [0.15, 0.2) is 72.3 Å². The quantitative estimate of drug-likeness (QED) is 0.303. The summed E-state index contributed by atoms with van der Waals surface area (Å²) in [6, 6.07) is 21.2. The number of carbonyl (C=O) groups is 1. The molecule has 0 aliphatic rings. The second kappa shape index (κ2) is 11.2. The summed E-state index contributed by atoms with van der Waals surface area (Å²) in [7, 11) is 0. The molecule has 0 aliphatic carbocycles. The van der Waals surface area contributed by atoms with Crippen molar-refractivity contribution in [3.8, 4) is 17.6 Å². The minimum Gasteiger partial charge on any atom is -0.493 e. The van der Waals surface area contributed by atoms with Gasteiger partial charge in [0.25, 0.3) is 5.91 Å². The van der Waals surface area contributed by atoms with E-state index in [0.717, 1.165) is 5.56 Å². The van der Waals surface area contributed by atoms with Crippen LogP contribution in [-0.4, -0.2) is 12.5 Å². The van der Waals surface area contributed by atoms with Crippen molar-refractivity contribution in [1.82, 2.24) is 0 Å². The van der Waals surface area contributed by atoms with Gasteiger partial charge in [-0.3, -0.25) is 4.79 Å². The molecule has 0 saturated heterocycles. The van der Waals surface area contributed by atoms with Gasteiger partial charge in [-0.1, -0.05) is 35.3 Å². The van der Waals surface area contributed by atoms with Crippen molar-refractivity contribution < 1.29 is 14.3 Å². The first-order chi connectivity index (χ1) is 15.5. The standard InChI is InChI=1S/C25H20Cl2N2O3/c1-2-31-24-12-7-21(27)14-18(24)13-19(15-28)25(30)29-22-8-10-23(11-9-22)32-16-17-3-5-20(26)6-4-17/h3-14H,2,16H2,1H3,(H,29,30)/b19-13+. The van der Waals surface area contributed by atoms with Crippen molar-refractivity contribution in [2.45, 2.75) is 13.5 Å². The van der Waals surface area contributed by atoms with Crippen LogP contribution >= 0.6 is 23.2 Å². The Morgan fingerprint density at radius 3 is 2.34 bits per heavy atom. The molecule has 0 unspecified atom stereocenters. The Kier molecular flexibility index (Phi) is 8.15. The monoisotopic (exact) mass is 466 g/mol. The van der Waals surface area contributed by atoms with Crippen LogP contribution in [0.3, 0.4) is 0 Å². The van der Waals surface area contributed by atoms with Crippen molar-refractivity contribution in [3.05, 3.63) is 93.5 Å². The van der Waals surface area contributed by atoms with Crippen molar-refractivity contribution in [2.24, 2.45) is 0 Å². The lowest BCUT2D eigenvalue weighted by atomic mass is 10.1. The third kappa shape index (κ3) is 6.52. The summed E-state index contributed by atoms with van der Waals surface area (Å²) in [6.07, 6.45) is 1.45. The Morgan fingerprint density at radius 2 is 1.69 bits per heavy atom. The van der Waals surface area contributed by atoms with Crippen molar-refractivity contribution in [1.29, 1.82) is 5.26 Å². The summed E-state index contributed by atoms with van der Waals surface area (Å²) < 4.78 is 11.3. The number of nitrogens with one attached hydrogen (secondary N) is 1. The van der Waals surface area contributed by atoms with Gasteiger partial charge < -0.3 is 14.8 Å². The zero-order valence-corrected chi connectivity index (χ0v) is 18.8. The van der Waals surface area contributed by atoms with Crippen molar-refractivity contribution >= 4 is 40.9 Å². The molecule has 32 heavy (non-hydrogen) atoms.